The third-order valence-electron chi connectivity index (χ3n) is 11.0. The summed E-state index contributed by atoms with van der Waals surface area (Å²) >= 11 is 0. The second kappa shape index (κ2) is 13.1. The summed E-state index contributed by atoms with van der Waals surface area (Å²) in [6, 6.07) is 17.8. The second-order valence-corrected chi connectivity index (χ2v) is 14.5. The van der Waals surface area contributed by atoms with Gasteiger partial charge in [0.05, 0.1) is 17.7 Å². The highest BCUT2D eigenvalue weighted by atomic mass is 19.4. The first-order valence-corrected chi connectivity index (χ1v) is 17.3. The van der Waals surface area contributed by atoms with Crippen molar-refractivity contribution < 1.29 is 37.3 Å². The molecule has 2 aliphatic carbocycles. The molecule has 7 rings (SSSR count). The fourth-order valence-electron chi connectivity index (χ4n) is 9.07. The zero-order valence-electron chi connectivity index (χ0n) is 28.4. The minimum Gasteiger partial charge on any atom is -0.483 e. The van der Waals surface area contributed by atoms with Gasteiger partial charge in [0.1, 0.15) is 6.10 Å². The lowest BCUT2D eigenvalue weighted by molar-refractivity contribution is -0.138. The van der Waals surface area contributed by atoms with Crippen LogP contribution in [0.1, 0.15) is 74.0 Å². The number of esters is 1. The van der Waals surface area contributed by atoms with Gasteiger partial charge in [-0.1, -0.05) is 56.2 Å². The molecule has 3 aromatic carbocycles. The number of rotatable bonds is 7. The number of aliphatic hydroxyl groups excluding tert-OH is 1. The number of carbonyl (C=O) groups excluding carboxylic acids is 2. The highest BCUT2D eigenvalue weighted by Crippen LogP contribution is 2.64. The van der Waals surface area contributed by atoms with Crippen LogP contribution in [-0.4, -0.2) is 64.6 Å². The van der Waals surface area contributed by atoms with Crippen molar-refractivity contribution in [3.63, 3.8) is 0 Å². The fourth-order valence-corrected chi connectivity index (χ4v) is 9.07. The largest absolute Gasteiger partial charge is 0.483 e. The lowest BCUT2D eigenvalue weighted by atomic mass is 9.51. The van der Waals surface area contributed by atoms with Gasteiger partial charge in [-0.25, -0.2) is 0 Å². The summed E-state index contributed by atoms with van der Waals surface area (Å²) in [6.07, 6.45) is -2.54. The number of nitrogens with zero attached hydrogens (tertiary/aromatic N) is 2. The molecule has 2 fully saturated rings. The predicted octanol–water partition coefficient (Wildman–Crippen LogP) is 6.31. The molecule has 1 amide bonds. The number of benzene rings is 3. The van der Waals surface area contributed by atoms with E-state index in [1.807, 2.05) is 50.2 Å². The number of carbonyl (C=O) groups is 2. The average molecular weight is 687 g/mol. The van der Waals surface area contributed by atoms with Crippen molar-refractivity contribution in [2.45, 2.75) is 82.3 Å². The number of hydrogen-bond donors (Lipinski definition) is 1. The number of β-amino-alcohol motifs (C(OH)–C–C–N with tert-alkyl or cyclic N) is 1. The van der Waals surface area contributed by atoms with E-state index in [1.54, 1.807) is 11.0 Å². The predicted molar refractivity (Wildman–Crippen MR) is 180 cm³/mol. The van der Waals surface area contributed by atoms with E-state index in [9.17, 15) is 27.9 Å². The van der Waals surface area contributed by atoms with Crippen molar-refractivity contribution in [2.75, 3.05) is 19.6 Å². The Morgan fingerprint density at radius 2 is 1.82 bits per heavy atom. The van der Waals surface area contributed by atoms with E-state index >= 15 is 0 Å². The van der Waals surface area contributed by atoms with E-state index in [-0.39, 0.29) is 23.9 Å². The lowest BCUT2D eigenvalue weighted by Crippen LogP contribution is -2.69. The van der Waals surface area contributed by atoms with Gasteiger partial charge in [-0.3, -0.25) is 14.5 Å². The monoisotopic (exact) mass is 686 g/mol. The number of piperidine rings is 1. The summed E-state index contributed by atoms with van der Waals surface area (Å²) in [5.74, 6) is 5.90. The summed E-state index contributed by atoms with van der Waals surface area (Å²) in [7, 11) is 0. The molecule has 1 unspecified atom stereocenters. The Hall–Kier alpha value is -4.33. The molecule has 2 aliphatic heterocycles. The first-order valence-electron chi connectivity index (χ1n) is 17.3. The molecule has 2 heterocycles. The van der Waals surface area contributed by atoms with Crippen molar-refractivity contribution in [1.82, 2.24) is 9.80 Å². The smallest absolute Gasteiger partial charge is 0.416 e. The third-order valence-corrected chi connectivity index (χ3v) is 11.0. The number of aliphatic hydroxyl groups is 1. The summed E-state index contributed by atoms with van der Waals surface area (Å²) in [4.78, 5) is 30.4. The molecule has 1 N–H and O–H groups in total. The molecule has 2 bridgehead atoms. The van der Waals surface area contributed by atoms with Crippen molar-refractivity contribution >= 4 is 11.9 Å². The van der Waals surface area contributed by atoms with Gasteiger partial charge in [-0.05, 0) is 85.5 Å². The number of amides is 1. The van der Waals surface area contributed by atoms with Gasteiger partial charge in [0.25, 0.3) is 5.91 Å². The molecule has 3 aromatic rings. The lowest BCUT2D eigenvalue weighted by Gasteiger charge is -2.60. The Labute approximate surface area is 290 Å². The van der Waals surface area contributed by atoms with E-state index in [1.165, 1.54) is 19.1 Å². The Morgan fingerprint density at radius 3 is 2.50 bits per heavy atom. The SMILES string of the molecule is CC(=O)Oc1ccc2c3c1O[C@H]1[C@@H](N(CC(C)C)C(=O)C#Cc4ccc(C(F)(F)F)cc4)CC[C@H]4[C@@H](C2)N(CC(O)c2ccccc2)CC[C@@]341. The minimum absolute atomic E-state index is 0.110. The van der Waals surface area contributed by atoms with Crippen LogP contribution < -0.4 is 9.47 Å². The van der Waals surface area contributed by atoms with Crippen molar-refractivity contribution in [3.05, 3.63) is 94.5 Å². The number of ether oxygens (including phenoxy) is 2. The van der Waals surface area contributed by atoms with Crippen LogP contribution in [0.25, 0.3) is 0 Å². The summed E-state index contributed by atoms with van der Waals surface area (Å²) in [6.45, 7) is 7.07. The summed E-state index contributed by atoms with van der Waals surface area (Å²) in [5, 5.41) is 11.3. The minimum atomic E-state index is -4.46. The van der Waals surface area contributed by atoms with Gasteiger partial charge in [0.2, 0.25) is 0 Å². The van der Waals surface area contributed by atoms with Crippen LogP contribution in [0.5, 0.6) is 11.5 Å². The number of alkyl halides is 3. The van der Waals surface area contributed by atoms with Crippen LogP contribution in [-0.2, 0) is 27.6 Å². The Balaban J connectivity index is 1.24. The van der Waals surface area contributed by atoms with Crippen molar-refractivity contribution in [2.24, 2.45) is 11.8 Å². The molecule has 6 atom stereocenters. The second-order valence-electron chi connectivity index (χ2n) is 14.5. The highest BCUT2D eigenvalue weighted by molar-refractivity contribution is 5.94. The summed E-state index contributed by atoms with van der Waals surface area (Å²) in [5.41, 5.74) is 2.17. The van der Waals surface area contributed by atoms with E-state index in [4.69, 9.17) is 9.47 Å². The van der Waals surface area contributed by atoms with E-state index in [0.717, 1.165) is 54.6 Å². The maximum Gasteiger partial charge on any atom is 0.416 e. The highest BCUT2D eigenvalue weighted by Gasteiger charge is 2.66. The van der Waals surface area contributed by atoms with Crippen LogP contribution in [0.15, 0.2) is 66.7 Å². The molecule has 1 saturated heterocycles. The van der Waals surface area contributed by atoms with Gasteiger partial charge >= 0.3 is 12.1 Å². The number of likely N-dealkylation sites (tertiary alicyclic amines) is 1. The maximum absolute atomic E-state index is 14.0. The zero-order valence-corrected chi connectivity index (χ0v) is 28.4. The quantitative estimate of drug-likeness (QED) is 0.179. The summed E-state index contributed by atoms with van der Waals surface area (Å²) < 4.78 is 51.9. The molecule has 7 nitrogen and oxygen atoms in total. The van der Waals surface area contributed by atoms with Gasteiger partial charge in [0, 0.05) is 48.5 Å². The molecule has 0 radical (unpaired) electrons. The van der Waals surface area contributed by atoms with Gasteiger partial charge in [-0.15, -0.1) is 0 Å². The van der Waals surface area contributed by atoms with Gasteiger partial charge < -0.3 is 19.5 Å². The Morgan fingerprint density at radius 1 is 1.08 bits per heavy atom. The molecule has 262 valence electrons. The molecular formula is C40H41F3N2O5. The normalized spacial score (nSPS) is 25.5. The molecule has 4 aliphatic rings. The Kier molecular flexibility index (Phi) is 8.94. The zero-order chi connectivity index (χ0) is 35.4. The van der Waals surface area contributed by atoms with Crippen molar-refractivity contribution in [3.8, 4) is 23.3 Å². The van der Waals surface area contributed by atoms with Crippen LogP contribution in [0.3, 0.4) is 0 Å². The van der Waals surface area contributed by atoms with Crippen LogP contribution in [0.4, 0.5) is 13.2 Å². The molecule has 1 saturated carbocycles. The molecule has 50 heavy (non-hydrogen) atoms. The van der Waals surface area contributed by atoms with Crippen LogP contribution in [0.2, 0.25) is 0 Å². The maximum atomic E-state index is 14.0. The topological polar surface area (TPSA) is 79.3 Å². The number of halogens is 3. The molecule has 0 aromatic heterocycles. The first-order chi connectivity index (χ1) is 23.9. The van der Waals surface area contributed by atoms with E-state index in [2.05, 4.69) is 16.7 Å². The van der Waals surface area contributed by atoms with Crippen LogP contribution in [0, 0.1) is 23.7 Å². The van der Waals surface area contributed by atoms with Crippen molar-refractivity contribution in [1.29, 1.82) is 0 Å². The van der Waals surface area contributed by atoms with E-state index in [0.29, 0.717) is 36.6 Å². The van der Waals surface area contributed by atoms with E-state index < -0.39 is 41.2 Å². The van der Waals surface area contributed by atoms with Crippen LogP contribution >= 0.6 is 0 Å². The molecule has 1 spiro atoms. The number of hydrogen-bond acceptors (Lipinski definition) is 6. The third kappa shape index (κ3) is 6.05. The van der Waals surface area contributed by atoms with Gasteiger partial charge in [0.15, 0.2) is 11.5 Å². The standard InChI is InChI=1S/C40H41F3N2O5/c1-24(2)22-45(35(48)18-11-26-9-13-29(14-10-26)40(41,42)43)31-16-15-30-32-21-28-12-17-34(49-25(3)46)37-36(28)39(30,38(31)50-37)19-20-44(32)23-33(47)27-7-5-4-6-8-27/h4-10,12-14,17,24,30-33,38,47H,15-16,19-23H2,1-3H3/t30-,31-,32+,33?,38-,39-/m0/s1. The average Bonchev–Trinajstić information content (AvgIpc) is 3.43. The molecule has 10 heteroatoms. The fraction of sp³-hybridized carbons (Fsp3) is 0.450. The van der Waals surface area contributed by atoms with Gasteiger partial charge in [-0.2, -0.15) is 13.2 Å². The first kappa shape index (κ1) is 34.1. The Bertz CT molecular complexity index is 1830. The molecular weight excluding hydrogens is 645 g/mol.